The van der Waals surface area contributed by atoms with Gasteiger partial charge in [0.05, 0.1) is 14.2 Å². The molecule has 35 heavy (non-hydrogen) atoms. The highest BCUT2D eigenvalue weighted by molar-refractivity contribution is 6.04. The van der Waals surface area contributed by atoms with Gasteiger partial charge in [0.15, 0.2) is 0 Å². The van der Waals surface area contributed by atoms with E-state index in [-0.39, 0.29) is 12.5 Å². The third kappa shape index (κ3) is 6.54. The number of carbonyl (C=O) groups excluding carboxylic acids is 1. The lowest BCUT2D eigenvalue weighted by atomic mass is 10.1. The first kappa shape index (κ1) is 23.7. The van der Waals surface area contributed by atoms with Crippen molar-refractivity contribution in [2.24, 2.45) is 0 Å². The second kappa shape index (κ2) is 11.6. The molecule has 0 aliphatic rings. The van der Waals surface area contributed by atoms with Gasteiger partial charge in [0.1, 0.15) is 36.2 Å². The van der Waals surface area contributed by atoms with Gasteiger partial charge in [-0.3, -0.25) is 4.79 Å². The van der Waals surface area contributed by atoms with Crippen LogP contribution in [0.25, 0.3) is 0 Å². The molecule has 0 fully saturated rings. The number of methoxy groups -OCH3 is 2. The lowest BCUT2D eigenvalue weighted by molar-refractivity contribution is 0.102. The van der Waals surface area contributed by atoms with E-state index in [9.17, 15) is 4.79 Å². The molecule has 4 rings (SSSR count). The lowest BCUT2D eigenvalue weighted by Crippen LogP contribution is -2.13. The Morgan fingerprint density at radius 1 is 0.686 bits per heavy atom. The SMILES string of the molecule is COc1cccc(OCc2cc(C(=O)Nc3ccc(OCc4ccccc4)cc3)ccc2OC)c1. The second-order valence-electron chi connectivity index (χ2n) is 7.75. The highest BCUT2D eigenvalue weighted by Crippen LogP contribution is 2.25. The van der Waals surface area contributed by atoms with Crippen molar-refractivity contribution >= 4 is 11.6 Å². The number of hydrogen-bond acceptors (Lipinski definition) is 5. The zero-order valence-electron chi connectivity index (χ0n) is 19.7. The molecule has 0 spiro atoms. The van der Waals surface area contributed by atoms with Crippen molar-refractivity contribution in [2.75, 3.05) is 19.5 Å². The average molecular weight is 470 g/mol. The minimum absolute atomic E-state index is 0.228. The van der Waals surface area contributed by atoms with Crippen LogP contribution in [0.15, 0.2) is 97.1 Å². The van der Waals surface area contributed by atoms with Gasteiger partial charge in [0, 0.05) is 22.9 Å². The quantitative estimate of drug-likeness (QED) is 0.303. The number of amides is 1. The van der Waals surface area contributed by atoms with E-state index < -0.39 is 0 Å². The van der Waals surface area contributed by atoms with E-state index in [1.54, 1.807) is 38.5 Å². The van der Waals surface area contributed by atoms with Crippen LogP contribution in [0.4, 0.5) is 5.69 Å². The predicted octanol–water partition coefficient (Wildman–Crippen LogP) is 6.11. The van der Waals surface area contributed by atoms with Crippen LogP contribution in [0.5, 0.6) is 23.0 Å². The Balaban J connectivity index is 1.38. The molecule has 0 aromatic heterocycles. The van der Waals surface area contributed by atoms with Gasteiger partial charge in [-0.05, 0) is 60.2 Å². The topological polar surface area (TPSA) is 66.0 Å². The number of benzene rings is 4. The Kier molecular flexibility index (Phi) is 7.86. The fourth-order valence-electron chi connectivity index (χ4n) is 3.46. The molecule has 0 aliphatic carbocycles. The number of hydrogen-bond donors (Lipinski definition) is 1. The van der Waals surface area contributed by atoms with Gasteiger partial charge in [-0.15, -0.1) is 0 Å². The Labute approximate surface area is 205 Å². The van der Waals surface area contributed by atoms with E-state index in [0.29, 0.717) is 35.1 Å². The maximum atomic E-state index is 12.9. The van der Waals surface area contributed by atoms with Crippen molar-refractivity contribution < 1.29 is 23.7 Å². The summed E-state index contributed by atoms with van der Waals surface area (Å²) in [5.74, 6) is 2.51. The van der Waals surface area contributed by atoms with Crippen molar-refractivity contribution in [3.05, 3.63) is 114 Å². The molecule has 0 unspecified atom stereocenters. The van der Waals surface area contributed by atoms with Crippen molar-refractivity contribution in [3.63, 3.8) is 0 Å². The first-order valence-electron chi connectivity index (χ1n) is 11.2. The molecule has 0 heterocycles. The lowest BCUT2D eigenvalue weighted by Gasteiger charge is -2.13. The normalized spacial score (nSPS) is 10.3. The van der Waals surface area contributed by atoms with Crippen molar-refractivity contribution in [1.29, 1.82) is 0 Å². The van der Waals surface area contributed by atoms with Gasteiger partial charge in [0.25, 0.3) is 5.91 Å². The molecule has 0 saturated heterocycles. The van der Waals surface area contributed by atoms with Gasteiger partial charge < -0.3 is 24.3 Å². The van der Waals surface area contributed by atoms with E-state index in [1.807, 2.05) is 72.8 Å². The van der Waals surface area contributed by atoms with Crippen LogP contribution < -0.4 is 24.3 Å². The van der Waals surface area contributed by atoms with Gasteiger partial charge >= 0.3 is 0 Å². The fourth-order valence-corrected chi connectivity index (χ4v) is 3.46. The molecular formula is C29H27NO5. The molecule has 6 heteroatoms. The summed E-state index contributed by atoms with van der Waals surface area (Å²) in [6, 6.07) is 29.9. The van der Waals surface area contributed by atoms with Crippen molar-refractivity contribution in [1.82, 2.24) is 0 Å². The van der Waals surface area contributed by atoms with Crippen LogP contribution in [-0.2, 0) is 13.2 Å². The largest absolute Gasteiger partial charge is 0.497 e. The monoisotopic (exact) mass is 469 g/mol. The van der Waals surface area contributed by atoms with E-state index >= 15 is 0 Å². The zero-order valence-corrected chi connectivity index (χ0v) is 19.7. The molecule has 1 N–H and O–H groups in total. The summed E-state index contributed by atoms with van der Waals surface area (Å²) < 4.78 is 22.4. The zero-order chi connectivity index (χ0) is 24.5. The number of ether oxygens (including phenoxy) is 4. The van der Waals surface area contributed by atoms with E-state index in [2.05, 4.69) is 5.32 Å². The molecule has 0 bridgehead atoms. The molecule has 0 atom stereocenters. The summed E-state index contributed by atoms with van der Waals surface area (Å²) in [4.78, 5) is 12.9. The van der Waals surface area contributed by atoms with Crippen LogP contribution >= 0.6 is 0 Å². The van der Waals surface area contributed by atoms with Crippen LogP contribution in [0.1, 0.15) is 21.5 Å². The molecule has 4 aromatic rings. The standard InChI is InChI=1S/C29H27NO5/c1-32-26-9-6-10-27(18-26)35-20-23-17-22(11-16-28(23)33-2)29(31)30-24-12-14-25(15-13-24)34-19-21-7-4-3-5-8-21/h3-18H,19-20H2,1-2H3,(H,30,31). The number of rotatable bonds is 10. The van der Waals surface area contributed by atoms with Crippen LogP contribution in [-0.4, -0.2) is 20.1 Å². The Morgan fingerprint density at radius 2 is 1.43 bits per heavy atom. The maximum absolute atomic E-state index is 12.9. The molecule has 1 amide bonds. The van der Waals surface area contributed by atoms with Gasteiger partial charge in [-0.2, -0.15) is 0 Å². The summed E-state index contributed by atoms with van der Waals surface area (Å²) >= 11 is 0. The summed E-state index contributed by atoms with van der Waals surface area (Å²) in [6.45, 7) is 0.726. The Hall–Kier alpha value is -4.45. The summed E-state index contributed by atoms with van der Waals surface area (Å²) in [7, 11) is 3.20. The van der Waals surface area contributed by atoms with E-state index in [0.717, 1.165) is 16.9 Å². The van der Waals surface area contributed by atoms with Crippen LogP contribution in [0, 0.1) is 0 Å². The Morgan fingerprint density at radius 3 is 2.17 bits per heavy atom. The molecule has 6 nitrogen and oxygen atoms in total. The molecule has 0 radical (unpaired) electrons. The molecular weight excluding hydrogens is 442 g/mol. The van der Waals surface area contributed by atoms with Gasteiger partial charge in [-0.1, -0.05) is 36.4 Å². The highest BCUT2D eigenvalue weighted by Gasteiger charge is 2.12. The smallest absolute Gasteiger partial charge is 0.255 e. The predicted molar refractivity (Wildman–Crippen MR) is 135 cm³/mol. The first-order valence-corrected chi connectivity index (χ1v) is 11.2. The summed E-state index contributed by atoms with van der Waals surface area (Å²) in [5, 5.41) is 2.92. The summed E-state index contributed by atoms with van der Waals surface area (Å²) in [5.41, 5.74) is 3.02. The van der Waals surface area contributed by atoms with Crippen molar-refractivity contribution in [2.45, 2.75) is 13.2 Å². The summed E-state index contributed by atoms with van der Waals surface area (Å²) in [6.07, 6.45) is 0. The van der Waals surface area contributed by atoms with Crippen molar-refractivity contribution in [3.8, 4) is 23.0 Å². The average Bonchev–Trinajstić information content (AvgIpc) is 2.92. The molecule has 0 aliphatic heterocycles. The van der Waals surface area contributed by atoms with Crippen LogP contribution in [0.2, 0.25) is 0 Å². The number of anilines is 1. The maximum Gasteiger partial charge on any atom is 0.255 e. The second-order valence-corrected chi connectivity index (χ2v) is 7.75. The minimum atomic E-state index is -0.228. The molecule has 178 valence electrons. The van der Waals surface area contributed by atoms with Gasteiger partial charge in [0.2, 0.25) is 0 Å². The van der Waals surface area contributed by atoms with Crippen LogP contribution in [0.3, 0.4) is 0 Å². The molecule has 4 aromatic carbocycles. The van der Waals surface area contributed by atoms with Gasteiger partial charge in [-0.25, -0.2) is 0 Å². The third-order valence-electron chi connectivity index (χ3n) is 5.34. The third-order valence-corrected chi connectivity index (χ3v) is 5.34. The number of nitrogens with one attached hydrogen (secondary N) is 1. The minimum Gasteiger partial charge on any atom is -0.497 e. The first-order chi connectivity index (χ1) is 17.1. The van der Waals surface area contributed by atoms with E-state index in [1.165, 1.54) is 0 Å². The highest BCUT2D eigenvalue weighted by atomic mass is 16.5. The van der Waals surface area contributed by atoms with E-state index in [4.69, 9.17) is 18.9 Å². The Bertz CT molecular complexity index is 1260. The fraction of sp³-hybridized carbons (Fsp3) is 0.138. The molecule has 0 saturated carbocycles. The number of carbonyl (C=O) groups is 1.